The molecule has 0 aliphatic carbocycles. The summed E-state index contributed by atoms with van der Waals surface area (Å²) >= 11 is 0. The highest BCUT2D eigenvalue weighted by Crippen LogP contribution is 2.47. The Balaban J connectivity index is 5.00. The minimum Gasteiger partial charge on any atom is -0.322 e. The Bertz CT molecular complexity index is 219. The third-order valence-electron chi connectivity index (χ3n) is 1.16. The minimum atomic E-state index is -6.66. The molecule has 98 valence electrons. The van der Waals surface area contributed by atoms with Crippen LogP contribution in [0.4, 0.5) is 43.9 Å². The molecule has 0 rings (SSSR count). The first-order valence-corrected chi connectivity index (χ1v) is 3.24. The summed E-state index contributed by atoms with van der Waals surface area (Å²) in [5.41, 5.74) is 0. The number of hydrogen-bond donors (Lipinski definition) is 0. The van der Waals surface area contributed by atoms with Crippen molar-refractivity contribution in [1.29, 1.82) is 0 Å². The second-order valence-electron chi connectivity index (χ2n) is 2.49. The van der Waals surface area contributed by atoms with Crippen molar-refractivity contribution in [3.8, 4) is 0 Å². The van der Waals surface area contributed by atoms with E-state index in [2.05, 4.69) is 4.74 Å². The number of halogens is 10. The van der Waals surface area contributed by atoms with Gasteiger partial charge in [0.05, 0.1) is 0 Å². The molecule has 0 N–H and O–H groups in total. The average Bonchev–Trinajstić information content (AvgIpc) is 1.93. The van der Waals surface area contributed by atoms with E-state index < -0.39 is 31.0 Å². The SMILES string of the molecule is FC(F)(F)COC(F)(C(F)(F)F)C(F)(F)F. The van der Waals surface area contributed by atoms with E-state index in [1.165, 1.54) is 0 Å². The van der Waals surface area contributed by atoms with Crippen LogP contribution >= 0.6 is 0 Å². The van der Waals surface area contributed by atoms with Gasteiger partial charge in [0, 0.05) is 0 Å². The molecule has 16 heavy (non-hydrogen) atoms. The summed E-state index contributed by atoms with van der Waals surface area (Å²) in [6, 6.07) is 0. The minimum absolute atomic E-state index is 2.28. The van der Waals surface area contributed by atoms with E-state index in [0.29, 0.717) is 0 Å². The Labute approximate surface area is 81.0 Å². The highest BCUT2D eigenvalue weighted by Gasteiger charge is 2.75. The van der Waals surface area contributed by atoms with E-state index >= 15 is 0 Å². The summed E-state index contributed by atoms with van der Waals surface area (Å²) in [6.45, 7) is -3.01. The van der Waals surface area contributed by atoms with Crippen LogP contribution in [0.1, 0.15) is 0 Å². The topological polar surface area (TPSA) is 9.23 Å². The first kappa shape index (κ1) is 15.3. The van der Waals surface area contributed by atoms with Crippen LogP contribution in [-0.2, 0) is 4.74 Å². The van der Waals surface area contributed by atoms with Crippen molar-refractivity contribution in [2.24, 2.45) is 0 Å². The van der Waals surface area contributed by atoms with E-state index in [1.807, 2.05) is 0 Å². The van der Waals surface area contributed by atoms with Crippen LogP contribution in [0.2, 0.25) is 0 Å². The highest BCUT2D eigenvalue weighted by atomic mass is 19.4. The fraction of sp³-hybridized carbons (Fsp3) is 1.00. The maximum absolute atomic E-state index is 12.4. The molecule has 0 saturated heterocycles. The lowest BCUT2D eigenvalue weighted by Crippen LogP contribution is -2.56. The van der Waals surface area contributed by atoms with Crippen molar-refractivity contribution in [2.45, 2.75) is 24.4 Å². The van der Waals surface area contributed by atoms with E-state index in [9.17, 15) is 43.9 Å². The third kappa shape index (κ3) is 3.39. The molecule has 0 aromatic heterocycles. The number of rotatable bonds is 2. The summed E-state index contributed by atoms with van der Waals surface area (Å²) in [6.07, 6.45) is -18.8. The van der Waals surface area contributed by atoms with Crippen molar-refractivity contribution in [3.05, 3.63) is 0 Å². The predicted octanol–water partition coefficient (Wildman–Crippen LogP) is 3.36. The summed E-state index contributed by atoms with van der Waals surface area (Å²) in [5.74, 6) is -6.34. The number of alkyl halides is 10. The quantitative estimate of drug-likeness (QED) is 0.698. The Morgan fingerprint density at radius 1 is 0.625 bits per heavy atom. The predicted molar refractivity (Wildman–Crippen MR) is 28.0 cm³/mol. The van der Waals surface area contributed by atoms with Crippen LogP contribution in [0.15, 0.2) is 0 Å². The first-order valence-electron chi connectivity index (χ1n) is 3.24. The lowest BCUT2D eigenvalue weighted by atomic mass is 10.3. The van der Waals surface area contributed by atoms with Gasteiger partial charge in [0.2, 0.25) is 0 Å². The Kier molecular flexibility index (Phi) is 3.75. The van der Waals surface area contributed by atoms with Crippen molar-refractivity contribution in [3.63, 3.8) is 0 Å². The molecule has 0 spiro atoms. The molecule has 0 atom stereocenters. The van der Waals surface area contributed by atoms with Gasteiger partial charge >= 0.3 is 24.4 Å². The zero-order valence-electron chi connectivity index (χ0n) is 6.89. The molecule has 0 aliphatic heterocycles. The van der Waals surface area contributed by atoms with Crippen LogP contribution in [0, 0.1) is 0 Å². The fourth-order valence-corrected chi connectivity index (χ4v) is 0.506. The Morgan fingerprint density at radius 3 is 1.12 bits per heavy atom. The molecule has 0 unspecified atom stereocenters. The molecule has 0 saturated carbocycles. The average molecular weight is 268 g/mol. The molecule has 11 heteroatoms. The maximum atomic E-state index is 12.4. The van der Waals surface area contributed by atoms with Crippen molar-refractivity contribution < 1.29 is 48.6 Å². The lowest BCUT2D eigenvalue weighted by Gasteiger charge is -2.29. The molecule has 0 aromatic carbocycles. The van der Waals surface area contributed by atoms with Crippen molar-refractivity contribution in [2.75, 3.05) is 6.61 Å². The monoisotopic (exact) mass is 268 g/mol. The van der Waals surface area contributed by atoms with Crippen LogP contribution in [0.3, 0.4) is 0 Å². The summed E-state index contributed by atoms with van der Waals surface area (Å²) in [7, 11) is 0. The van der Waals surface area contributed by atoms with Gasteiger partial charge in [-0.1, -0.05) is 0 Å². The second-order valence-corrected chi connectivity index (χ2v) is 2.49. The van der Waals surface area contributed by atoms with Gasteiger partial charge < -0.3 is 4.74 Å². The fourth-order valence-electron chi connectivity index (χ4n) is 0.506. The molecule has 0 fully saturated rings. The normalized spacial score (nSPS) is 15.4. The lowest BCUT2D eigenvalue weighted by molar-refractivity contribution is -0.439. The van der Waals surface area contributed by atoms with Crippen molar-refractivity contribution >= 4 is 0 Å². The van der Waals surface area contributed by atoms with Crippen LogP contribution < -0.4 is 0 Å². The summed E-state index contributed by atoms with van der Waals surface area (Å²) in [4.78, 5) is 0. The molecule has 0 aliphatic rings. The summed E-state index contributed by atoms with van der Waals surface area (Å²) < 4.78 is 118. The van der Waals surface area contributed by atoms with Crippen LogP contribution in [0.5, 0.6) is 0 Å². The molecule has 0 aromatic rings. The Morgan fingerprint density at radius 2 is 0.938 bits per heavy atom. The van der Waals surface area contributed by atoms with Crippen LogP contribution in [0.25, 0.3) is 0 Å². The van der Waals surface area contributed by atoms with Gasteiger partial charge in [-0.15, -0.1) is 0 Å². The number of ether oxygens (including phenoxy) is 1. The zero-order chi connectivity index (χ0) is 13.4. The largest absolute Gasteiger partial charge is 0.458 e. The molecule has 0 bridgehead atoms. The second kappa shape index (κ2) is 3.93. The molecular formula is C5H2F10O. The Hall–Kier alpha value is -0.740. The van der Waals surface area contributed by atoms with Gasteiger partial charge in [0.25, 0.3) is 0 Å². The van der Waals surface area contributed by atoms with Gasteiger partial charge in [0.15, 0.2) is 0 Å². The van der Waals surface area contributed by atoms with Crippen molar-refractivity contribution in [1.82, 2.24) is 0 Å². The molecule has 0 amide bonds. The van der Waals surface area contributed by atoms with Gasteiger partial charge in [-0.2, -0.15) is 43.9 Å². The standard InChI is InChI=1S/C5H2F10O/c6-2(7,8)1-16-3(9,4(10,11)12)5(13,14)15/h1H2. The van der Waals surface area contributed by atoms with E-state index in [4.69, 9.17) is 0 Å². The van der Waals surface area contributed by atoms with Gasteiger partial charge in [-0.3, -0.25) is 0 Å². The molecule has 0 radical (unpaired) electrons. The maximum Gasteiger partial charge on any atom is 0.458 e. The van der Waals surface area contributed by atoms with E-state index in [-0.39, 0.29) is 0 Å². The van der Waals surface area contributed by atoms with Gasteiger partial charge in [-0.25, -0.2) is 0 Å². The zero-order valence-corrected chi connectivity index (χ0v) is 6.89. The van der Waals surface area contributed by atoms with E-state index in [0.717, 1.165) is 0 Å². The first-order chi connectivity index (χ1) is 6.71. The highest BCUT2D eigenvalue weighted by molar-refractivity contribution is 4.85. The number of hydrogen-bond acceptors (Lipinski definition) is 1. The van der Waals surface area contributed by atoms with Crippen LogP contribution in [-0.4, -0.2) is 31.0 Å². The molecule has 1 nitrogen and oxygen atoms in total. The molecule has 0 heterocycles. The smallest absolute Gasteiger partial charge is 0.322 e. The van der Waals surface area contributed by atoms with Gasteiger partial charge in [-0.05, 0) is 0 Å². The molecular weight excluding hydrogens is 266 g/mol. The van der Waals surface area contributed by atoms with E-state index in [1.54, 1.807) is 0 Å². The van der Waals surface area contributed by atoms with Gasteiger partial charge in [0.1, 0.15) is 6.61 Å². The summed E-state index contributed by atoms with van der Waals surface area (Å²) in [5, 5.41) is 0. The third-order valence-corrected chi connectivity index (χ3v) is 1.16.